The van der Waals surface area contributed by atoms with Crippen LogP contribution in [0.15, 0.2) is 42.5 Å². The van der Waals surface area contributed by atoms with Gasteiger partial charge in [0.2, 0.25) is 11.8 Å². The summed E-state index contributed by atoms with van der Waals surface area (Å²) >= 11 is 0. The van der Waals surface area contributed by atoms with Gasteiger partial charge in [-0.3, -0.25) is 9.59 Å². The van der Waals surface area contributed by atoms with E-state index < -0.39 is 5.97 Å². The lowest BCUT2D eigenvalue weighted by molar-refractivity contribution is -0.115. The molecule has 0 radical (unpaired) electrons. The van der Waals surface area contributed by atoms with Gasteiger partial charge in [0.25, 0.3) is 0 Å². The minimum absolute atomic E-state index is 0.137. The fourth-order valence-corrected chi connectivity index (χ4v) is 2.87. The van der Waals surface area contributed by atoms with Gasteiger partial charge in [0, 0.05) is 30.9 Å². The van der Waals surface area contributed by atoms with Crippen molar-refractivity contribution in [1.82, 2.24) is 0 Å². The molecule has 7 heteroatoms. The first kappa shape index (κ1) is 22.9. The van der Waals surface area contributed by atoms with Crippen molar-refractivity contribution >= 4 is 40.5 Å². The highest BCUT2D eigenvalue weighted by atomic mass is 16.5. The van der Waals surface area contributed by atoms with E-state index in [0.29, 0.717) is 29.2 Å². The summed E-state index contributed by atoms with van der Waals surface area (Å²) in [6, 6.07) is 12.3. The summed E-state index contributed by atoms with van der Waals surface area (Å²) in [5.41, 5.74) is 2.86. The molecule has 0 aromatic heterocycles. The lowest BCUT2D eigenvalue weighted by Crippen LogP contribution is -2.14. The quantitative estimate of drug-likeness (QED) is 0.374. The Kier molecular flexibility index (Phi) is 8.87. The number of carbonyl (C=O) groups is 3. The normalized spacial score (nSPS) is 10.2. The van der Waals surface area contributed by atoms with E-state index in [9.17, 15) is 14.4 Å². The molecule has 2 rings (SSSR count). The summed E-state index contributed by atoms with van der Waals surface area (Å²) in [6.45, 7) is 5.31. The smallest absolute Gasteiger partial charge is 0.340 e. The molecule has 0 heterocycles. The molecule has 0 aliphatic heterocycles. The SMILES string of the molecule is CCCCCCOC(=O)c1cc(Nc2ccc(NC(C)=O)cc2)ccc1NC(C)=O. The standard InChI is InChI=1S/C23H29N3O4/c1-4-5-6-7-14-30-23(29)21-15-20(12-13-22(21)25-17(3)28)26-19-10-8-18(9-11-19)24-16(2)27/h8-13,15,26H,4-7,14H2,1-3H3,(H,24,27)(H,25,28). The fourth-order valence-electron chi connectivity index (χ4n) is 2.87. The topological polar surface area (TPSA) is 96.5 Å². The van der Waals surface area contributed by atoms with Gasteiger partial charge in [0.05, 0.1) is 17.9 Å². The number of anilines is 4. The van der Waals surface area contributed by atoms with Crippen LogP contribution in [-0.2, 0) is 14.3 Å². The molecule has 0 spiro atoms. The summed E-state index contributed by atoms with van der Waals surface area (Å²) in [6.07, 6.45) is 4.04. The van der Waals surface area contributed by atoms with Crippen LogP contribution in [0.4, 0.5) is 22.7 Å². The Morgan fingerprint density at radius 1 is 0.800 bits per heavy atom. The van der Waals surface area contributed by atoms with Crippen molar-refractivity contribution in [2.45, 2.75) is 46.5 Å². The van der Waals surface area contributed by atoms with E-state index >= 15 is 0 Å². The third-order valence-electron chi connectivity index (χ3n) is 4.28. The number of amides is 2. The Labute approximate surface area is 177 Å². The average Bonchev–Trinajstić information content (AvgIpc) is 2.69. The van der Waals surface area contributed by atoms with E-state index in [4.69, 9.17) is 4.74 Å². The van der Waals surface area contributed by atoms with Gasteiger partial charge < -0.3 is 20.7 Å². The number of hydrogen-bond donors (Lipinski definition) is 3. The lowest BCUT2D eigenvalue weighted by atomic mass is 10.1. The number of hydrogen-bond acceptors (Lipinski definition) is 5. The third-order valence-corrected chi connectivity index (χ3v) is 4.28. The van der Waals surface area contributed by atoms with Crippen molar-refractivity contribution in [2.24, 2.45) is 0 Å². The van der Waals surface area contributed by atoms with E-state index in [1.807, 2.05) is 12.1 Å². The largest absolute Gasteiger partial charge is 0.462 e. The van der Waals surface area contributed by atoms with Crippen LogP contribution in [0.3, 0.4) is 0 Å². The number of carbonyl (C=O) groups excluding carboxylic acids is 3. The Balaban J connectivity index is 2.12. The molecule has 0 atom stereocenters. The summed E-state index contributed by atoms with van der Waals surface area (Å²) in [7, 11) is 0. The maximum absolute atomic E-state index is 12.6. The Morgan fingerprint density at radius 3 is 2.07 bits per heavy atom. The summed E-state index contributed by atoms with van der Waals surface area (Å²) < 4.78 is 5.40. The molecular weight excluding hydrogens is 382 g/mol. The van der Waals surface area contributed by atoms with Gasteiger partial charge in [0.15, 0.2) is 0 Å². The molecule has 2 aromatic rings. The number of unbranched alkanes of at least 4 members (excludes halogenated alkanes) is 3. The Morgan fingerprint density at radius 2 is 1.43 bits per heavy atom. The Hall–Kier alpha value is -3.35. The summed E-state index contributed by atoms with van der Waals surface area (Å²) in [4.78, 5) is 35.2. The van der Waals surface area contributed by atoms with Crippen molar-refractivity contribution in [3.8, 4) is 0 Å². The number of benzene rings is 2. The summed E-state index contributed by atoms with van der Waals surface area (Å²) in [5, 5.41) is 8.59. The van der Waals surface area contributed by atoms with E-state index in [2.05, 4.69) is 22.9 Å². The molecule has 160 valence electrons. The molecule has 0 saturated carbocycles. The van der Waals surface area contributed by atoms with Crippen LogP contribution in [-0.4, -0.2) is 24.4 Å². The molecule has 0 unspecified atom stereocenters. The molecule has 0 aliphatic carbocycles. The second-order valence-corrected chi connectivity index (χ2v) is 7.02. The average molecular weight is 412 g/mol. The lowest BCUT2D eigenvalue weighted by Gasteiger charge is -2.13. The minimum atomic E-state index is -0.472. The molecule has 0 aliphatic rings. The fraction of sp³-hybridized carbons (Fsp3) is 0.348. The van der Waals surface area contributed by atoms with Crippen molar-refractivity contribution in [2.75, 3.05) is 22.6 Å². The zero-order valence-electron chi connectivity index (χ0n) is 17.7. The molecular formula is C23H29N3O4. The zero-order chi connectivity index (χ0) is 21.9. The number of ether oxygens (including phenoxy) is 1. The first-order valence-corrected chi connectivity index (χ1v) is 10.1. The zero-order valence-corrected chi connectivity index (χ0v) is 17.7. The third kappa shape index (κ3) is 7.58. The molecule has 0 fully saturated rings. The number of nitrogens with one attached hydrogen (secondary N) is 3. The van der Waals surface area contributed by atoms with Crippen LogP contribution in [0.1, 0.15) is 56.8 Å². The van der Waals surface area contributed by atoms with E-state index in [1.54, 1.807) is 30.3 Å². The maximum Gasteiger partial charge on any atom is 0.340 e. The minimum Gasteiger partial charge on any atom is -0.462 e. The van der Waals surface area contributed by atoms with Gasteiger partial charge in [0.1, 0.15) is 0 Å². The van der Waals surface area contributed by atoms with Crippen LogP contribution in [0.5, 0.6) is 0 Å². The molecule has 3 N–H and O–H groups in total. The molecule has 2 amide bonds. The van der Waals surface area contributed by atoms with Crippen molar-refractivity contribution < 1.29 is 19.1 Å². The number of rotatable bonds is 10. The van der Waals surface area contributed by atoms with Crippen LogP contribution in [0.2, 0.25) is 0 Å². The van der Waals surface area contributed by atoms with Gasteiger partial charge in [-0.1, -0.05) is 26.2 Å². The molecule has 7 nitrogen and oxygen atoms in total. The van der Waals surface area contributed by atoms with Crippen molar-refractivity contribution in [3.05, 3.63) is 48.0 Å². The maximum atomic E-state index is 12.6. The van der Waals surface area contributed by atoms with Crippen LogP contribution < -0.4 is 16.0 Å². The molecule has 0 saturated heterocycles. The van der Waals surface area contributed by atoms with E-state index in [1.165, 1.54) is 13.8 Å². The highest BCUT2D eigenvalue weighted by Gasteiger charge is 2.15. The predicted octanol–water partition coefficient (Wildman–Crippen LogP) is 5.08. The first-order valence-electron chi connectivity index (χ1n) is 10.1. The monoisotopic (exact) mass is 411 g/mol. The van der Waals surface area contributed by atoms with E-state index in [-0.39, 0.29) is 11.8 Å². The molecule has 0 bridgehead atoms. The van der Waals surface area contributed by atoms with Crippen molar-refractivity contribution in [3.63, 3.8) is 0 Å². The van der Waals surface area contributed by atoms with Crippen LogP contribution >= 0.6 is 0 Å². The molecule has 2 aromatic carbocycles. The highest BCUT2D eigenvalue weighted by Crippen LogP contribution is 2.25. The number of esters is 1. The van der Waals surface area contributed by atoms with Gasteiger partial charge in [-0.15, -0.1) is 0 Å². The second-order valence-electron chi connectivity index (χ2n) is 7.02. The van der Waals surface area contributed by atoms with Gasteiger partial charge in [-0.25, -0.2) is 4.79 Å². The molecule has 30 heavy (non-hydrogen) atoms. The first-order chi connectivity index (χ1) is 14.4. The van der Waals surface area contributed by atoms with Crippen LogP contribution in [0.25, 0.3) is 0 Å². The predicted molar refractivity (Wildman–Crippen MR) is 119 cm³/mol. The summed E-state index contributed by atoms with van der Waals surface area (Å²) in [5.74, 6) is -0.872. The van der Waals surface area contributed by atoms with Crippen molar-refractivity contribution in [1.29, 1.82) is 0 Å². The van der Waals surface area contributed by atoms with Crippen LogP contribution in [0, 0.1) is 0 Å². The van der Waals surface area contributed by atoms with Gasteiger partial charge >= 0.3 is 5.97 Å². The second kappa shape index (κ2) is 11.6. The van der Waals surface area contributed by atoms with Gasteiger partial charge in [-0.2, -0.15) is 0 Å². The Bertz CT molecular complexity index is 879. The highest BCUT2D eigenvalue weighted by molar-refractivity contribution is 6.01. The van der Waals surface area contributed by atoms with E-state index in [0.717, 1.165) is 31.4 Å². The van der Waals surface area contributed by atoms with Gasteiger partial charge in [-0.05, 0) is 48.9 Å².